The van der Waals surface area contributed by atoms with E-state index in [1.807, 2.05) is 24.3 Å². The number of nitrogens with one attached hydrogen (secondary N) is 1. The molecule has 0 spiro atoms. The van der Waals surface area contributed by atoms with Crippen molar-refractivity contribution < 1.29 is 14.4 Å². The molecule has 23 heavy (non-hydrogen) atoms. The molecule has 1 aromatic carbocycles. The second-order valence-corrected chi connectivity index (χ2v) is 6.44. The Balaban J connectivity index is 1.56. The molecule has 1 heterocycles. The Morgan fingerprint density at radius 3 is 2.70 bits per heavy atom. The van der Waals surface area contributed by atoms with Gasteiger partial charge in [-0.25, -0.2) is 0 Å². The summed E-state index contributed by atoms with van der Waals surface area (Å²) in [6.07, 6.45) is 4.70. The molecular formula is C18H24N2O3. The molecule has 1 saturated carbocycles. The quantitative estimate of drug-likeness (QED) is 0.929. The smallest absolute Gasteiger partial charge is 0.264 e. The van der Waals surface area contributed by atoms with Gasteiger partial charge < -0.3 is 14.9 Å². The number of rotatable bonds is 4. The number of carbonyl (C=O) groups is 1. The molecule has 0 radical (unpaired) electrons. The zero-order chi connectivity index (χ0) is 16.2. The Morgan fingerprint density at radius 2 is 2.00 bits per heavy atom. The minimum atomic E-state index is -0.513. The van der Waals surface area contributed by atoms with Crippen LogP contribution in [-0.2, 0) is 9.63 Å². The van der Waals surface area contributed by atoms with Gasteiger partial charge in [-0.1, -0.05) is 24.9 Å². The highest BCUT2D eigenvalue weighted by Crippen LogP contribution is 2.25. The lowest BCUT2D eigenvalue weighted by Crippen LogP contribution is -2.45. The number of hydrogen-bond acceptors (Lipinski definition) is 4. The highest BCUT2D eigenvalue weighted by Gasteiger charge is 2.32. The molecule has 2 aliphatic rings. The first kappa shape index (κ1) is 15.8. The fraction of sp³-hybridized carbons (Fsp3) is 0.556. The van der Waals surface area contributed by atoms with Gasteiger partial charge in [0.05, 0.1) is 12.8 Å². The van der Waals surface area contributed by atoms with Crippen molar-refractivity contribution in [1.82, 2.24) is 5.32 Å². The number of oxime groups is 1. The van der Waals surface area contributed by atoms with Crippen LogP contribution in [0.1, 0.15) is 44.6 Å². The molecule has 1 N–H and O–H groups in total. The normalized spacial score (nSPS) is 27.0. The van der Waals surface area contributed by atoms with Crippen molar-refractivity contribution in [3.05, 3.63) is 29.8 Å². The average Bonchev–Trinajstić information content (AvgIpc) is 3.07. The number of methoxy groups -OCH3 is 1. The fourth-order valence-electron chi connectivity index (χ4n) is 3.28. The van der Waals surface area contributed by atoms with Gasteiger partial charge in [-0.2, -0.15) is 0 Å². The van der Waals surface area contributed by atoms with Crippen molar-refractivity contribution in [3.8, 4) is 5.75 Å². The van der Waals surface area contributed by atoms with E-state index in [0.717, 1.165) is 23.4 Å². The molecule has 1 aromatic rings. The van der Waals surface area contributed by atoms with E-state index in [9.17, 15) is 4.79 Å². The van der Waals surface area contributed by atoms with Gasteiger partial charge in [0.15, 0.2) is 0 Å². The van der Waals surface area contributed by atoms with Crippen LogP contribution < -0.4 is 10.1 Å². The summed E-state index contributed by atoms with van der Waals surface area (Å²) < 4.78 is 5.15. The van der Waals surface area contributed by atoms with E-state index in [1.54, 1.807) is 7.11 Å². The van der Waals surface area contributed by atoms with E-state index < -0.39 is 6.10 Å². The third-order valence-electron chi connectivity index (χ3n) is 4.82. The molecule has 3 atom stereocenters. The van der Waals surface area contributed by atoms with E-state index in [2.05, 4.69) is 17.4 Å². The van der Waals surface area contributed by atoms with E-state index in [-0.39, 0.29) is 11.9 Å². The molecule has 5 heteroatoms. The number of carbonyl (C=O) groups excluding carboxylic acids is 1. The maximum absolute atomic E-state index is 12.4. The van der Waals surface area contributed by atoms with Gasteiger partial charge >= 0.3 is 0 Å². The molecule has 0 saturated heterocycles. The summed E-state index contributed by atoms with van der Waals surface area (Å²) in [5.41, 5.74) is 1.77. The van der Waals surface area contributed by atoms with Crippen molar-refractivity contribution in [2.75, 3.05) is 7.11 Å². The topological polar surface area (TPSA) is 59.9 Å². The van der Waals surface area contributed by atoms with Crippen LogP contribution in [0.3, 0.4) is 0 Å². The van der Waals surface area contributed by atoms with Gasteiger partial charge in [0, 0.05) is 12.5 Å². The summed E-state index contributed by atoms with van der Waals surface area (Å²) in [5.74, 6) is 1.29. The summed E-state index contributed by atoms with van der Waals surface area (Å²) in [7, 11) is 1.64. The van der Waals surface area contributed by atoms with Crippen LogP contribution in [-0.4, -0.2) is 30.9 Å². The molecule has 0 aromatic heterocycles. The molecule has 1 amide bonds. The van der Waals surface area contributed by atoms with Gasteiger partial charge in [0.1, 0.15) is 5.75 Å². The van der Waals surface area contributed by atoms with Gasteiger partial charge in [-0.3, -0.25) is 4.79 Å². The van der Waals surface area contributed by atoms with Gasteiger partial charge in [0.25, 0.3) is 5.91 Å². The van der Waals surface area contributed by atoms with Crippen molar-refractivity contribution in [2.24, 2.45) is 11.1 Å². The number of amides is 1. The average molecular weight is 316 g/mol. The highest BCUT2D eigenvalue weighted by molar-refractivity contribution is 6.04. The lowest BCUT2D eigenvalue weighted by molar-refractivity contribution is -0.132. The third-order valence-corrected chi connectivity index (χ3v) is 4.82. The third kappa shape index (κ3) is 3.66. The van der Waals surface area contributed by atoms with E-state index >= 15 is 0 Å². The first-order chi connectivity index (χ1) is 11.2. The number of ether oxygens (including phenoxy) is 1. The number of nitrogens with zero attached hydrogens (tertiary/aromatic N) is 1. The monoisotopic (exact) mass is 316 g/mol. The van der Waals surface area contributed by atoms with Crippen LogP contribution in [0.5, 0.6) is 5.75 Å². The van der Waals surface area contributed by atoms with Crippen molar-refractivity contribution >= 4 is 11.6 Å². The predicted octanol–water partition coefficient (Wildman–Crippen LogP) is 2.88. The first-order valence-electron chi connectivity index (χ1n) is 8.35. The minimum absolute atomic E-state index is 0.0454. The summed E-state index contributed by atoms with van der Waals surface area (Å²) >= 11 is 0. The van der Waals surface area contributed by atoms with Crippen LogP contribution in [0, 0.1) is 5.92 Å². The summed E-state index contributed by atoms with van der Waals surface area (Å²) in [6.45, 7) is 2.21. The SMILES string of the molecule is COc1ccc(C2=NOC(C(=O)NC3CCCCC3C)C2)cc1. The van der Waals surface area contributed by atoms with Gasteiger partial charge in [-0.15, -0.1) is 0 Å². The standard InChI is InChI=1S/C18H24N2O3/c1-12-5-3-4-6-15(12)19-18(21)17-11-16(20-23-17)13-7-9-14(22-2)10-8-13/h7-10,12,15,17H,3-6,11H2,1-2H3,(H,19,21). The number of benzene rings is 1. The van der Waals surface area contributed by atoms with Crippen molar-refractivity contribution in [3.63, 3.8) is 0 Å². The Kier molecular flexibility index (Phi) is 4.84. The van der Waals surface area contributed by atoms with Crippen LogP contribution >= 0.6 is 0 Å². The molecule has 3 unspecified atom stereocenters. The van der Waals surface area contributed by atoms with Crippen LogP contribution in [0.15, 0.2) is 29.4 Å². The first-order valence-corrected chi connectivity index (χ1v) is 8.35. The second-order valence-electron chi connectivity index (χ2n) is 6.44. The fourth-order valence-corrected chi connectivity index (χ4v) is 3.28. The van der Waals surface area contributed by atoms with E-state index in [0.29, 0.717) is 12.3 Å². The Labute approximate surface area is 137 Å². The second kappa shape index (κ2) is 7.02. The molecule has 3 rings (SSSR count). The van der Waals surface area contributed by atoms with Crippen LogP contribution in [0.2, 0.25) is 0 Å². The highest BCUT2D eigenvalue weighted by atomic mass is 16.6. The maximum Gasteiger partial charge on any atom is 0.264 e. The summed E-state index contributed by atoms with van der Waals surface area (Å²) in [4.78, 5) is 17.8. The lowest BCUT2D eigenvalue weighted by atomic mass is 9.86. The Hall–Kier alpha value is -2.04. The molecular weight excluding hydrogens is 292 g/mol. The zero-order valence-corrected chi connectivity index (χ0v) is 13.7. The summed E-state index contributed by atoms with van der Waals surface area (Å²) in [5, 5.41) is 7.23. The van der Waals surface area contributed by atoms with Crippen molar-refractivity contribution in [1.29, 1.82) is 0 Å². The van der Waals surface area contributed by atoms with Crippen molar-refractivity contribution in [2.45, 2.75) is 51.2 Å². The van der Waals surface area contributed by atoms with Crippen LogP contribution in [0.4, 0.5) is 0 Å². The molecule has 0 bridgehead atoms. The minimum Gasteiger partial charge on any atom is -0.497 e. The van der Waals surface area contributed by atoms with Crippen LogP contribution in [0.25, 0.3) is 0 Å². The number of hydrogen-bond donors (Lipinski definition) is 1. The maximum atomic E-state index is 12.4. The van der Waals surface area contributed by atoms with Gasteiger partial charge in [-0.05, 0) is 48.6 Å². The zero-order valence-electron chi connectivity index (χ0n) is 13.7. The van der Waals surface area contributed by atoms with Gasteiger partial charge in [0.2, 0.25) is 6.10 Å². The molecule has 124 valence electrons. The Morgan fingerprint density at radius 1 is 1.26 bits per heavy atom. The molecule has 1 aliphatic carbocycles. The molecule has 1 fully saturated rings. The lowest BCUT2D eigenvalue weighted by Gasteiger charge is -2.30. The largest absolute Gasteiger partial charge is 0.497 e. The van der Waals surface area contributed by atoms with E-state index in [1.165, 1.54) is 19.3 Å². The summed E-state index contributed by atoms with van der Waals surface area (Å²) in [6, 6.07) is 7.91. The molecule has 5 nitrogen and oxygen atoms in total. The Bertz CT molecular complexity index is 582. The molecule has 1 aliphatic heterocycles. The predicted molar refractivity (Wildman–Crippen MR) is 88.6 cm³/mol. The van der Waals surface area contributed by atoms with E-state index in [4.69, 9.17) is 9.57 Å².